The van der Waals surface area contributed by atoms with Gasteiger partial charge in [0.1, 0.15) is 5.82 Å². The first-order valence-electron chi connectivity index (χ1n) is 6.56. The fourth-order valence-corrected chi connectivity index (χ4v) is 1.87. The summed E-state index contributed by atoms with van der Waals surface area (Å²) in [6.07, 6.45) is 0. The van der Waals surface area contributed by atoms with Crippen molar-refractivity contribution in [3.8, 4) is 17.5 Å². The molecule has 0 saturated heterocycles. The molecule has 23 heavy (non-hydrogen) atoms. The standard InChI is InChI=1S/C16H9FN4O2/c17-12-3-1-2-11(8-12)15-20-21-16(23-15)14(22)19-13-6-4-10(9-18)5-7-13/h1-8H,(H,19,22). The summed E-state index contributed by atoms with van der Waals surface area (Å²) >= 11 is 0. The Labute approximate surface area is 130 Å². The van der Waals surface area contributed by atoms with Gasteiger partial charge in [-0.15, -0.1) is 10.2 Å². The molecular weight excluding hydrogens is 299 g/mol. The van der Waals surface area contributed by atoms with Crippen LogP contribution < -0.4 is 5.32 Å². The predicted octanol–water partition coefficient (Wildman–Crippen LogP) is 3.00. The summed E-state index contributed by atoms with van der Waals surface area (Å²) in [5.41, 5.74) is 1.35. The first kappa shape index (κ1) is 14.4. The molecule has 1 N–H and O–H groups in total. The molecule has 0 atom stereocenters. The number of amides is 1. The van der Waals surface area contributed by atoms with Crippen LogP contribution in [0.25, 0.3) is 11.5 Å². The molecule has 0 aliphatic heterocycles. The molecule has 0 unspecified atom stereocenters. The number of halogens is 1. The van der Waals surface area contributed by atoms with Gasteiger partial charge in [0.15, 0.2) is 0 Å². The van der Waals surface area contributed by atoms with Crippen LogP contribution in [0, 0.1) is 17.1 Å². The van der Waals surface area contributed by atoms with E-state index in [1.54, 1.807) is 30.3 Å². The molecule has 112 valence electrons. The van der Waals surface area contributed by atoms with Gasteiger partial charge in [-0.3, -0.25) is 4.79 Å². The van der Waals surface area contributed by atoms with Crippen molar-refractivity contribution < 1.29 is 13.6 Å². The number of carbonyl (C=O) groups is 1. The van der Waals surface area contributed by atoms with Crippen molar-refractivity contribution >= 4 is 11.6 Å². The average Bonchev–Trinajstić information content (AvgIpc) is 3.06. The van der Waals surface area contributed by atoms with E-state index in [2.05, 4.69) is 15.5 Å². The number of benzene rings is 2. The zero-order valence-electron chi connectivity index (χ0n) is 11.7. The van der Waals surface area contributed by atoms with Crippen LogP contribution in [0.3, 0.4) is 0 Å². The van der Waals surface area contributed by atoms with Gasteiger partial charge >= 0.3 is 11.8 Å². The van der Waals surface area contributed by atoms with Gasteiger partial charge in [0.05, 0.1) is 11.6 Å². The molecule has 6 nitrogen and oxygen atoms in total. The first-order valence-corrected chi connectivity index (χ1v) is 6.56. The quantitative estimate of drug-likeness (QED) is 0.803. The van der Waals surface area contributed by atoms with Gasteiger partial charge in [0.2, 0.25) is 5.89 Å². The maximum atomic E-state index is 13.2. The Morgan fingerprint density at radius 2 is 1.96 bits per heavy atom. The largest absolute Gasteiger partial charge is 0.412 e. The predicted molar refractivity (Wildman–Crippen MR) is 78.8 cm³/mol. The second-order valence-corrected chi connectivity index (χ2v) is 4.57. The van der Waals surface area contributed by atoms with Crippen molar-refractivity contribution in [3.63, 3.8) is 0 Å². The molecule has 0 aliphatic rings. The summed E-state index contributed by atoms with van der Waals surface area (Å²) in [5.74, 6) is -1.22. The van der Waals surface area contributed by atoms with Crippen LogP contribution in [0.15, 0.2) is 52.9 Å². The summed E-state index contributed by atoms with van der Waals surface area (Å²) in [5, 5.41) is 18.7. The van der Waals surface area contributed by atoms with Crippen molar-refractivity contribution in [1.82, 2.24) is 10.2 Å². The summed E-state index contributed by atoms with van der Waals surface area (Å²) in [7, 11) is 0. The van der Waals surface area contributed by atoms with Gasteiger partial charge in [0.25, 0.3) is 0 Å². The summed E-state index contributed by atoms with van der Waals surface area (Å²) in [6.45, 7) is 0. The van der Waals surface area contributed by atoms with Gasteiger partial charge in [0, 0.05) is 11.3 Å². The number of hydrogen-bond acceptors (Lipinski definition) is 5. The van der Waals surface area contributed by atoms with E-state index in [0.717, 1.165) is 0 Å². The van der Waals surface area contributed by atoms with E-state index in [4.69, 9.17) is 9.68 Å². The lowest BCUT2D eigenvalue weighted by atomic mass is 10.2. The Morgan fingerprint density at radius 1 is 1.17 bits per heavy atom. The SMILES string of the molecule is N#Cc1ccc(NC(=O)c2nnc(-c3cccc(F)c3)o2)cc1. The maximum absolute atomic E-state index is 13.2. The molecule has 1 heterocycles. The van der Waals surface area contributed by atoms with E-state index < -0.39 is 11.7 Å². The number of aromatic nitrogens is 2. The minimum atomic E-state index is -0.593. The number of nitriles is 1. The smallest absolute Gasteiger partial charge is 0.313 e. The maximum Gasteiger partial charge on any atom is 0.313 e. The van der Waals surface area contributed by atoms with E-state index in [-0.39, 0.29) is 11.8 Å². The topological polar surface area (TPSA) is 91.8 Å². The molecule has 0 spiro atoms. The van der Waals surface area contributed by atoms with E-state index in [0.29, 0.717) is 16.8 Å². The second kappa shape index (κ2) is 6.07. The molecule has 0 fully saturated rings. The zero-order valence-corrected chi connectivity index (χ0v) is 11.7. The first-order chi connectivity index (χ1) is 11.2. The van der Waals surface area contributed by atoms with Gasteiger partial charge < -0.3 is 9.73 Å². The molecule has 2 aromatic carbocycles. The highest BCUT2D eigenvalue weighted by molar-refractivity contribution is 6.00. The minimum absolute atomic E-state index is 0.0504. The summed E-state index contributed by atoms with van der Waals surface area (Å²) in [6, 6.07) is 13.9. The van der Waals surface area contributed by atoms with E-state index in [9.17, 15) is 9.18 Å². The van der Waals surface area contributed by atoms with Crippen molar-refractivity contribution in [2.45, 2.75) is 0 Å². The highest BCUT2D eigenvalue weighted by Crippen LogP contribution is 2.19. The second-order valence-electron chi connectivity index (χ2n) is 4.57. The Bertz CT molecular complexity index is 897. The third kappa shape index (κ3) is 3.22. The molecule has 7 heteroatoms. The fourth-order valence-electron chi connectivity index (χ4n) is 1.87. The number of nitrogens with one attached hydrogen (secondary N) is 1. The Morgan fingerprint density at radius 3 is 2.65 bits per heavy atom. The van der Waals surface area contributed by atoms with Crippen molar-refractivity contribution in [2.24, 2.45) is 0 Å². The number of hydrogen-bond donors (Lipinski definition) is 1. The van der Waals surface area contributed by atoms with Crippen LogP contribution in [-0.4, -0.2) is 16.1 Å². The Kier molecular flexibility index (Phi) is 3.80. The minimum Gasteiger partial charge on any atom is -0.412 e. The number of carbonyl (C=O) groups excluding carboxylic acids is 1. The number of nitrogens with zero attached hydrogens (tertiary/aromatic N) is 3. The lowest BCUT2D eigenvalue weighted by Gasteiger charge is -2.01. The zero-order chi connectivity index (χ0) is 16.2. The third-order valence-electron chi connectivity index (χ3n) is 2.96. The van der Waals surface area contributed by atoms with Crippen LogP contribution in [0.1, 0.15) is 16.2 Å². The van der Waals surface area contributed by atoms with E-state index in [1.165, 1.54) is 18.2 Å². The van der Waals surface area contributed by atoms with Gasteiger partial charge in [-0.25, -0.2) is 4.39 Å². The van der Waals surface area contributed by atoms with Gasteiger partial charge in [-0.05, 0) is 42.5 Å². The molecule has 3 rings (SSSR count). The van der Waals surface area contributed by atoms with Crippen LogP contribution in [0.2, 0.25) is 0 Å². The van der Waals surface area contributed by atoms with Crippen LogP contribution in [0.4, 0.5) is 10.1 Å². The summed E-state index contributed by atoms with van der Waals surface area (Å²) < 4.78 is 18.4. The van der Waals surface area contributed by atoms with Crippen LogP contribution in [0.5, 0.6) is 0 Å². The van der Waals surface area contributed by atoms with Crippen molar-refractivity contribution in [1.29, 1.82) is 5.26 Å². The fraction of sp³-hybridized carbons (Fsp3) is 0. The molecule has 0 aliphatic carbocycles. The highest BCUT2D eigenvalue weighted by atomic mass is 19.1. The lowest BCUT2D eigenvalue weighted by molar-refractivity contribution is 0.0991. The van der Waals surface area contributed by atoms with Crippen LogP contribution in [-0.2, 0) is 0 Å². The molecule has 3 aromatic rings. The molecule has 1 amide bonds. The number of anilines is 1. The molecular formula is C16H9FN4O2. The Hall–Kier alpha value is -3.53. The molecule has 0 bridgehead atoms. The lowest BCUT2D eigenvalue weighted by Crippen LogP contribution is -2.12. The van der Waals surface area contributed by atoms with Crippen molar-refractivity contribution in [3.05, 3.63) is 65.8 Å². The average molecular weight is 308 g/mol. The molecule has 0 radical (unpaired) electrons. The Balaban J connectivity index is 1.77. The molecule has 1 aromatic heterocycles. The van der Waals surface area contributed by atoms with Crippen molar-refractivity contribution in [2.75, 3.05) is 5.32 Å². The third-order valence-corrected chi connectivity index (χ3v) is 2.96. The van der Waals surface area contributed by atoms with Gasteiger partial charge in [-0.2, -0.15) is 5.26 Å². The van der Waals surface area contributed by atoms with E-state index >= 15 is 0 Å². The normalized spacial score (nSPS) is 10.1. The summed E-state index contributed by atoms with van der Waals surface area (Å²) in [4.78, 5) is 12.0. The van der Waals surface area contributed by atoms with Gasteiger partial charge in [-0.1, -0.05) is 6.07 Å². The number of rotatable bonds is 3. The monoisotopic (exact) mass is 308 g/mol. The molecule has 0 saturated carbocycles. The highest BCUT2D eigenvalue weighted by Gasteiger charge is 2.16. The van der Waals surface area contributed by atoms with Crippen LogP contribution >= 0.6 is 0 Å². The van der Waals surface area contributed by atoms with E-state index in [1.807, 2.05) is 6.07 Å².